The molecule has 0 saturated heterocycles. The number of rotatable bonds is 5. The van der Waals surface area contributed by atoms with E-state index in [1.165, 1.54) is 25.2 Å². The molecule has 7 heteroatoms. The minimum Gasteiger partial charge on any atom is -0.353 e. The lowest BCUT2D eigenvalue weighted by molar-refractivity contribution is -0.316. The van der Waals surface area contributed by atoms with E-state index >= 15 is 0 Å². The SMILES string of the molecule is C[Si](C)(OC(F)(F)C(F)(F)CF)c1ccccc1. The first-order valence-corrected chi connectivity index (χ1v) is 8.10. The van der Waals surface area contributed by atoms with Gasteiger partial charge in [-0.1, -0.05) is 30.3 Å². The average molecular weight is 284 g/mol. The highest BCUT2D eigenvalue weighted by molar-refractivity contribution is 6.84. The summed E-state index contributed by atoms with van der Waals surface area (Å²) >= 11 is 0. The monoisotopic (exact) mass is 284 g/mol. The topological polar surface area (TPSA) is 9.23 Å². The van der Waals surface area contributed by atoms with E-state index in [1.807, 2.05) is 0 Å². The van der Waals surface area contributed by atoms with Crippen LogP contribution in [0.15, 0.2) is 30.3 Å². The number of hydrogen-bond donors (Lipinski definition) is 0. The molecule has 0 unspecified atom stereocenters. The lowest BCUT2D eigenvalue weighted by Gasteiger charge is -2.32. The second kappa shape index (κ2) is 4.97. The van der Waals surface area contributed by atoms with Crippen molar-refractivity contribution in [3.63, 3.8) is 0 Å². The molecule has 18 heavy (non-hydrogen) atoms. The molecule has 0 aliphatic carbocycles. The summed E-state index contributed by atoms with van der Waals surface area (Å²) in [5, 5.41) is 0.430. The van der Waals surface area contributed by atoms with Gasteiger partial charge in [0, 0.05) is 0 Å². The highest BCUT2D eigenvalue weighted by atomic mass is 28.4. The van der Waals surface area contributed by atoms with Gasteiger partial charge in [-0.25, -0.2) is 4.39 Å². The van der Waals surface area contributed by atoms with Crippen molar-refractivity contribution in [2.45, 2.75) is 25.1 Å². The molecule has 0 aliphatic heterocycles. The molecule has 1 aromatic carbocycles. The Morgan fingerprint density at radius 1 is 1.06 bits per heavy atom. The van der Waals surface area contributed by atoms with E-state index in [0.717, 1.165) is 0 Å². The molecule has 1 rings (SSSR count). The largest absolute Gasteiger partial charge is 0.413 e. The Hall–Kier alpha value is -0.953. The molecule has 0 radical (unpaired) electrons. The van der Waals surface area contributed by atoms with Gasteiger partial charge in [0.25, 0.3) is 0 Å². The Morgan fingerprint density at radius 2 is 1.56 bits per heavy atom. The van der Waals surface area contributed by atoms with Crippen LogP contribution in [0.2, 0.25) is 13.1 Å². The molecule has 0 aliphatic rings. The van der Waals surface area contributed by atoms with Crippen LogP contribution >= 0.6 is 0 Å². The molecule has 0 heterocycles. The molecule has 0 N–H and O–H groups in total. The van der Waals surface area contributed by atoms with Crippen molar-refractivity contribution in [1.82, 2.24) is 0 Å². The van der Waals surface area contributed by atoms with Crippen molar-refractivity contribution in [3.05, 3.63) is 30.3 Å². The third kappa shape index (κ3) is 3.08. The fourth-order valence-electron chi connectivity index (χ4n) is 1.37. The molecule has 0 spiro atoms. The summed E-state index contributed by atoms with van der Waals surface area (Å²) in [6.45, 7) is 0.244. The van der Waals surface area contributed by atoms with E-state index in [9.17, 15) is 22.0 Å². The van der Waals surface area contributed by atoms with Gasteiger partial charge in [-0.15, -0.1) is 0 Å². The van der Waals surface area contributed by atoms with Gasteiger partial charge >= 0.3 is 12.0 Å². The van der Waals surface area contributed by atoms with Crippen LogP contribution in [-0.2, 0) is 4.43 Å². The van der Waals surface area contributed by atoms with Crippen molar-refractivity contribution in [2.75, 3.05) is 6.67 Å². The predicted octanol–water partition coefficient (Wildman–Crippen LogP) is 3.31. The van der Waals surface area contributed by atoms with Crippen LogP contribution in [0.3, 0.4) is 0 Å². The van der Waals surface area contributed by atoms with Gasteiger partial charge < -0.3 is 4.43 Å². The average Bonchev–Trinajstić information content (AvgIpc) is 2.28. The predicted molar refractivity (Wildman–Crippen MR) is 60.5 cm³/mol. The lowest BCUT2D eigenvalue weighted by atomic mass is 10.3. The molecule has 102 valence electrons. The van der Waals surface area contributed by atoms with Gasteiger partial charge in [0.15, 0.2) is 6.67 Å². The summed E-state index contributed by atoms with van der Waals surface area (Å²) in [7, 11) is -3.24. The van der Waals surface area contributed by atoms with Crippen LogP contribution < -0.4 is 5.19 Å². The summed E-state index contributed by atoms with van der Waals surface area (Å²) in [6.07, 6.45) is -4.81. The third-order valence-electron chi connectivity index (χ3n) is 2.45. The van der Waals surface area contributed by atoms with Crippen LogP contribution in [0.1, 0.15) is 0 Å². The second-order valence-electron chi connectivity index (χ2n) is 4.33. The van der Waals surface area contributed by atoms with E-state index in [1.54, 1.807) is 18.2 Å². The third-order valence-corrected chi connectivity index (χ3v) is 4.94. The van der Waals surface area contributed by atoms with E-state index < -0.39 is 27.0 Å². The maximum Gasteiger partial charge on any atom is 0.413 e. The van der Waals surface area contributed by atoms with Crippen LogP contribution in [0.4, 0.5) is 22.0 Å². The lowest BCUT2D eigenvalue weighted by Crippen LogP contribution is -2.56. The molecule has 0 aromatic heterocycles. The summed E-state index contributed by atoms with van der Waals surface area (Å²) in [5.74, 6) is -4.81. The first-order valence-electron chi connectivity index (χ1n) is 5.20. The second-order valence-corrected chi connectivity index (χ2v) is 8.14. The quantitative estimate of drug-likeness (QED) is 0.595. The summed E-state index contributed by atoms with van der Waals surface area (Å²) in [6, 6.07) is 7.91. The van der Waals surface area contributed by atoms with Gasteiger partial charge in [0.1, 0.15) is 0 Å². The highest BCUT2D eigenvalue weighted by Gasteiger charge is 2.60. The molecule has 0 bridgehead atoms. The molecular formula is C11H13F5OSi. The Morgan fingerprint density at radius 3 is 2.00 bits per heavy atom. The van der Waals surface area contributed by atoms with E-state index in [4.69, 9.17) is 0 Å². The molecule has 0 fully saturated rings. The van der Waals surface area contributed by atoms with E-state index in [-0.39, 0.29) is 0 Å². The van der Waals surface area contributed by atoms with Gasteiger partial charge in [0.2, 0.25) is 8.32 Å². The van der Waals surface area contributed by atoms with Gasteiger partial charge in [0.05, 0.1) is 0 Å². The van der Waals surface area contributed by atoms with Crippen LogP contribution in [0.5, 0.6) is 0 Å². The van der Waals surface area contributed by atoms with Crippen molar-refractivity contribution in [1.29, 1.82) is 0 Å². The fraction of sp³-hybridized carbons (Fsp3) is 0.455. The summed E-state index contributed by atoms with van der Waals surface area (Å²) in [5.41, 5.74) is 0. The number of benzene rings is 1. The molecule has 0 amide bonds. The van der Waals surface area contributed by atoms with Crippen molar-refractivity contribution < 1.29 is 26.4 Å². The molecule has 1 nitrogen and oxygen atoms in total. The minimum atomic E-state index is -4.81. The minimum absolute atomic E-state index is 0.430. The van der Waals surface area contributed by atoms with E-state index in [2.05, 4.69) is 4.43 Å². The van der Waals surface area contributed by atoms with Gasteiger partial charge in [-0.05, 0) is 18.3 Å². The zero-order chi connectivity index (χ0) is 14.0. The molecular weight excluding hydrogens is 271 g/mol. The fourth-order valence-corrected chi connectivity index (χ4v) is 3.27. The van der Waals surface area contributed by atoms with Gasteiger partial charge in [-0.2, -0.15) is 17.6 Å². The van der Waals surface area contributed by atoms with Gasteiger partial charge in [-0.3, -0.25) is 0 Å². The van der Waals surface area contributed by atoms with Crippen LogP contribution in [-0.4, -0.2) is 27.0 Å². The Labute approximate surface area is 103 Å². The Bertz CT molecular complexity index is 394. The van der Waals surface area contributed by atoms with E-state index in [0.29, 0.717) is 5.19 Å². The molecule has 1 aromatic rings. The number of hydrogen-bond acceptors (Lipinski definition) is 1. The molecule has 0 saturated carbocycles. The first-order chi connectivity index (χ1) is 8.12. The maximum absolute atomic E-state index is 13.2. The normalized spacial score (nSPS) is 13.7. The maximum atomic E-state index is 13.2. The summed E-state index contributed by atoms with van der Waals surface area (Å²) in [4.78, 5) is 0. The number of halogens is 5. The van der Waals surface area contributed by atoms with Crippen LogP contribution in [0, 0.1) is 0 Å². The standard InChI is InChI=1S/C11H13F5OSi/c1-18(2,9-6-4-3-5-7-9)17-11(15,16)10(13,14)8-12/h3-7H,8H2,1-2H3. The zero-order valence-electron chi connectivity index (χ0n) is 9.89. The Kier molecular flexibility index (Phi) is 4.17. The van der Waals surface area contributed by atoms with Crippen molar-refractivity contribution in [3.8, 4) is 0 Å². The van der Waals surface area contributed by atoms with Crippen molar-refractivity contribution in [2.24, 2.45) is 0 Å². The highest BCUT2D eigenvalue weighted by Crippen LogP contribution is 2.37. The Balaban J connectivity index is 2.96. The first kappa shape index (κ1) is 15.1. The van der Waals surface area contributed by atoms with Crippen LogP contribution in [0.25, 0.3) is 0 Å². The smallest absolute Gasteiger partial charge is 0.353 e. The molecule has 0 atom stereocenters. The summed E-state index contributed by atoms with van der Waals surface area (Å²) < 4.78 is 68.1. The zero-order valence-corrected chi connectivity index (χ0v) is 10.9. The number of alkyl halides is 5. The van der Waals surface area contributed by atoms with Crippen molar-refractivity contribution >= 4 is 13.5 Å².